The number of nitrogens with two attached hydrogens (primary N) is 1. The van der Waals surface area contributed by atoms with Crippen molar-refractivity contribution in [3.63, 3.8) is 0 Å². The van der Waals surface area contributed by atoms with E-state index >= 15 is 0 Å². The molecule has 0 saturated carbocycles. The Morgan fingerprint density at radius 3 is 2.72 bits per heavy atom. The van der Waals surface area contributed by atoms with Crippen LogP contribution in [0.25, 0.3) is 11.5 Å². The molecule has 0 aliphatic heterocycles. The Morgan fingerprint density at radius 1 is 1.39 bits per heavy atom. The predicted octanol–water partition coefficient (Wildman–Crippen LogP) is 1.02. The number of aromatic nitrogens is 1. The lowest BCUT2D eigenvalue weighted by Gasteiger charge is -2.08. The van der Waals surface area contributed by atoms with Gasteiger partial charge in [0.1, 0.15) is 18.0 Å². The predicted molar refractivity (Wildman–Crippen MR) is 62.7 cm³/mol. The van der Waals surface area contributed by atoms with Crippen molar-refractivity contribution in [3.05, 3.63) is 36.2 Å². The molecule has 94 valence electrons. The van der Waals surface area contributed by atoms with Crippen molar-refractivity contribution in [1.29, 1.82) is 0 Å². The van der Waals surface area contributed by atoms with Crippen LogP contribution in [0.3, 0.4) is 0 Å². The maximum atomic E-state index is 11.6. The minimum absolute atomic E-state index is 0.118. The third kappa shape index (κ3) is 2.13. The van der Waals surface area contributed by atoms with Gasteiger partial charge in [-0.2, -0.15) is 0 Å². The summed E-state index contributed by atoms with van der Waals surface area (Å²) >= 11 is 0. The molecule has 0 aliphatic rings. The summed E-state index contributed by atoms with van der Waals surface area (Å²) in [6, 6.07) is 6.68. The summed E-state index contributed by atoms with van der Waals surface area (Å²) in [5.74, 6) is -0.537. The Labute approximate surface area is 103 Å². The van der Waals surface area contributed by atoms with Crippen molar-refractivity contribution in [2.75, 3.05) is 7.11 Å². The molecule has 2 aromatic heterocycles. The number of esters is 1. The van der Waals surface area contributed by atoms with Gasteiger partial charge in [0.2, 0.25) is 5.91 Å². The van der Waals surface area contributed by atoms with Crippen LogP contribution < -0.4 is 5.73 Å². The van der Waals surface area contributed by atoms with E-state index in [1.165, 1.54) is 17.9 Å². The highest BCUT2D eigenvalue weighted by molar-refractivity contribution is 5.90. The summed E-state index contributed by atoms with van der Waals surface area (Å²) in [5.41, 5.74) is 6.02. The van der Waals surface area contributed by atoms with Crippen molar-refractivity contribution >= 4 is 11.9 Å². The Kier molecular flexibility index (Phi) is 3.18. The van der Waals surface area contributed by atoms with Crippen molar-refractivity contribution in [2.24, 2.45) is 5.73 Å². The normalized spacial score (nSPS) is 10.3. The molecule has 6 nitrogen and oxygen atoms in total. The number of carbonyl (C=O) groups is 2. The first-order chi connectivity index (χ1) is 8.63. The molecule has 0 atom stereocenters. The Hall–Kier alpha value is -2.50. The number of hydrogen-bond acceptors (Lipinski definition) is 4. The number of hydrogen-bond donors (Lipinski definition) is 1. The Morgan fingerprint density at radius 2 is 2.17 bits per heavy atom. The first-order valence-electron chi connectivity index (χ1n) is 5.23. The van der Waals surface area contributed by atoms with Gasteiger partial charge in [-0.3, -0.25) is 4.79 Å². The van der Waals surface area contributed by atoms with Crippen molar-refractivity contribution < 1.29 is 18.7 Å². The van der Waals surface area contributed by atoms with Crippen molar-refractivity contribution in [3.8, 4) is 11.5 Å². The van der Waals surface area contributed by atoms with Crippen LogP contribution in [-0.4, -0.2) is 23.6 Å². The second-order valence-corrected chi connectivity index (χ2v) is 3.63. The van der Waals surface area contributed by atoms with Gasteiger partial charge in [-0.05, 0) is 24.3 Å². The van der Waals surface area contributed by atoms with E-state index in [4.69, 9.17) is 10.2 Å². The second kappa shape index (κ2) is 4.79. The molecule has 0 spiro atoms. The molecule has 0 saturated heterocycles. The van der Waals surface area contributed by atoms with E-state index in [1.54, 1.807) is 24.3 Å². The standard InChI is InChI=1S/C12H12N2O4/c1-17-12(16)9-5-4-8(10-3-2-6-18-10)14(9)7-11(13)15/h2-6H,7H2,1H3,(H2,13,15). The van der Waals surface area contributed by atoms with E-state index in [1.807, 2.05) is 0 Å². The van der Waals surface area contributed by atoms with Crippen LogP contribution in [0.4, 0.5) is 0 Å². The van der Waals surface area contributed by atoms with Gasteiger partial charge >= 0.3 is 5.97 Å². The SMILES string of the molecule is COC(=O)c1ccc(-c2ccco2)n1CC(N)=O. The molecule has 2 heterocycles. The second-order valence-electron chi connectivity index (χ2n) is 3.63. The number of carbonyl (C=O) groups excluding carboxylic acids is 2. The first-order valence-corrected chi connectivity index (χ1v) is 5.23. The number of ether oxygens (including phenoxy) is 1. The van der Waals surface area contributed by atoms with Gasteiger partial charge in [0.25, 0.3) is 0 Å². The molecule has 2 rings (SSSR count). The molecule has 0 fully saturated rings. The average molecular weight is 248 g/mol. The lowest BCUT2D eigenvalue weighted by molar-refractivity contribution is -0.118. The van der Waals surface area contributed by atoms with E-state index in [-0.39, 0.29) is 12.2 Å². The van der Waals surface area contributed by atoms with Crippen molar-refractivity contribution in [1.82, 2.24) is 4.57 Å². The summed E-state index contributed by atoms with van der Waals surface area (Å²) in [4.78, 5) is 22.6. The molecule has 2 N–H and O–H groups in total. The van der Waals surface area contributed by atoms with E-state index in [9.17, 15) is 9.59 Å². The first kappa shape index (κ1) is 12.0. The summed E-state index contributed by atoms with van der Waals surface area (Å²) in [5, 5.41) is 0. The van der Waals surface area contributed by atoms with Gasteiger partial charge in [0.05, 0.1) is 19.1 Å². The van der Waals surface area contributed by atoms with Gasteiger partial charge < -0.3 is 19.5 Å². The highest BCUT2D eigenvalue weighted by Gasteiger charge is 2.18. The molecule has 18 heavy (non-hydrogen) atoms. The number of amides is 1. The molecular formula is C12H12N2O4. The summed E-state index contributed by atoms with van der Waals surface area (Å²) in [6.45, 7) is -0.118. The van der Waals surface area contributed by atoms with Crippen LogP contribution in [-0.2, 0) is 16.1 Å². The van der Waals surface area contributed by atoms with Gasteiger partial charge in [-0.1, -0.05) is 0 Å². The maximum absolute atomic E-state index is 11.6. The molecule has 0 aromatic carbocycles. The Bertz CT molecular complexity index is 569. The summed E-state index contributed by atoms with van der Waals surface area (Å²) < 4.78 is 11.4. The zero-order valence-corrected chi connectivity index (χ0v) is 9.75. The fourth-order valence-electron chi connectivity index (χ4n) is 1.72. The molecule has 0 aliphatic carbocycles. The minimum atomic E-state index is -0.552. The molecule has 0 radical (unpaired) electrons. The lowest BCUT2D eigenvalue weighted by Crippen LogP contribution is -2.22. The van der Waals surface area contributed by atoms with E-state index in [2.05, 4.69) is 4.74 Å². The number of furan rings is 1. The number of rotatable bonds is 4. The third-order valence-corrected chi connectivity index (χ3v) is 2.46. The van der Waals surface area contributed by atoms with Crippen LogP contribution in [0.2, 0.25) is 0 Å². The molecule has 6 heteroatoms. The largest absolute Gasteiger partial charge is 0.464 e. The number of methoxy groups -OCH3 is 1. The van der Waals surface area contributed by atoms with Crippen molar-refractivity contribution in [2.45, 2.75) is 6.54 Å². The number of primary amides is 1. The zero-order valence-electron chi connectivity index (χ0n) is 9.75. The van der Waals surface area contributed by atoms with Gasteiger partial charge in [0, 0.05) is 0 Å². The quantitative estimate of drug-likeness (QED) is 0.818. The van der Waals surface area contributed by atoms with Gasteiger partial charge in [0.15, 0.2) is 0 Å². The minimum Gasteiger partial charge on any atom is -0.464 e. The fourth-order valence-corrected chi connectivity index (χ4v) is 1.72. The smallest absolute Gasteiger partial charge is 0.354 e. The molecule has 2 aromatic rings. The Balaban J connectivity index is 2.50. The lowest BCUT2D eigenvalue weighted by atomic mass is 10.3. The van der Waals surface area contributed by atoms with Crippen LogP contribution in [0, 0.1) is 0 Å². The van der Waals surface area contributed by atoms with Gasteiger partial charge in [-0.25, -0.2) is 4.79 Å². The van der Waals surface area contributed by atoms with Crippen LogP contribution in [0.5, 0.6) is 0 Å². The van der Waals surface area contributed by atoms with Crippen LogP contribution in [0.15, 0.2) is 34.9 Å². The highest BCUT2D eigenvalue weighted by atomic mass is 16.5. The topological polar surface area (TPSA) is 87.5 Å². The molecule has 0 bridgehead atoms. The average Bonchev–Trinajstić information content (AvgIpc) is 2.95. The molecule has 1 amide bonds. The van der Waals surface area contributed by atoms with E-state index in [0.29, 0.717) is 11.5 Å². The highest BCUT2D eigenvalue weighted by Crippen LogP contribution is 2.23. The van der Waals surface area contributed by atoms with Crippen LogP contribution in [0.1, 0.15) is 10.5 Å². The van der Waals surface area contributed by atoms with E-state index < -0.39 is 11.9 Å². The van der Waals surface area contributed by atoms with E-state index in [0.717, 1.165) is 0 Å². The van der Waals surface area contributed by atoms with Crippen LogP contribution >= 0.6 is 0 Å². The van der Waals surface area contributed by atoms with Gasteiger partial charge in [-0.15, -0.1) is 0 Å². The third-order valence-electron chi connectivity index (χ3n) is 2.46. The maximum Gasteiger partial charge on any atom is 0.354 e. The number of nitrogens with zero attached hydrogens (tertiary/aromatic N) is 1. The molecular weight excluding hydrogens is 236 g/mol. The monoisotopic (exact) mass is 248 g/mol. The summed E-state index contributed by atoms with van der Waals surface area (Å²) in [6.07, 6.45) is 1.51. The fraction of sp³-hybridized carbons (Fsp3) is 0.167. The zero-order chi connectivity index (χ0) is 13.1. The molecule has 0 unspecified atom stereocenters. The summed E-state index contributed by atoms with van der Waals surface area (Å²) in [7, 11) is 1.27.